The summed E-state index contributed by atoms with van der Waals surface area (Å²) in [6.45, 7) is 9.37. The zero-order chi connectivity index (χ0) is 13.0. The van der Waals surface area contributed by atoms with E-state index in [1.807, 2.05) is 0 Å². The van der Waals surface area contributed by atoms with Gasteiger partial charge in [-0.2, -0.15) is 0 Å². The van der Waals surface area contributed by atoms with Gasteiger partial charge < -0.3 is 0 Å². The molecule has 0 aliphatic heterocycles. The average molecular weight is 248 g/mol. The molecule has 0 aromatic rings. The Bertz CT molecular complexity index is 317. The molecule has 0 amide bonds. The Morgan fingerprint density at radius 1 is 1.33 bits per heavy atom. The van der Waals surface area contributed by atoms with Crippen LogP contribution >= 0.6 is 0 Å². The normalized spacial score (nSPS) is 32.8. The Morgan fingerprint density at radius 2 is 2.11 bits per heavy atom. The minimum absolute atomic E-state index is 0.635. The van der Waals surface area contributed by atoms with Gasteiger partial charge in [-0.1, -0.05) is 26.7 Å². The van der Waals surface area contributed by atoms with Crippen LogP contribution in [-0.4, -0.2) is 19.1 Å². The molecule has 0 aromatic heterocycles. The minimum Gasteiger partial charge on any atom is -0.270 e. The first-order valence-electron chi connectivity index (χ1n) is 7.70. The fourth-order valence-electron chi connectivity index (χ4n) is 3.52. The average Bonchev–Trinajstić information content (AvgIpc) is 3.14. The molecule has 2 heteroatoms. The van der Waals surface area contributed by atoms with Gasteiger partial charge in [-0.25, -0.2) is 4.99 Å². The van der Waals surface area contributed by atoms with Gasteiger partial charge in [0.15, 0.2) is 0 Å². The van der Waals surface area contributed by atoms with Crippen molar-refractivity contribution >= 4 is 12.6 Å². The van der Waals surface area contributed by atoms with Crippen LogP contribution in [0.1, 0.15) is 65.2 Å². The molecule has 0 aromatic carbocycles. The van der Waals surface area contributed by atoms with Crippen LogP contribution < -0.4 is 0 Å². The van der Waals surface area contributed by atoms with E-state index in [1.165, 1.54) is 51.4 Å². The maximum atomic E-state index is 4.64. The van der Waals surface area contributed by atoms with Crippen LogP contribution in [0.2, 0.25) is 0 Å². The molecule has 2 nitrogen and oxygen atoms in total. The van der Waals surface area contributed by atoms with Gasteiger partial charge in [0.1, 0.15) is 5.84 Å². The molecule has 2 aliphatic rings. The summed E-state index contributed by atoms with van der Waals surface area (Å²) in [5, 5.41) is 0. The zero-order valence-corrected chi connectivity index (χ0v) is 12.1. The second-order valence-corrected chi connectivity index (χ2v) is 6.48. The van der Waals surface area contributed by atoms with Crippen molar-refractivity contribution in [1.82, 2.24) is 0 Å². The fourth-order valence-corrected chi connectivity index (χ4v) is 3.52. The monoisotopic (exact) mass is 248 g/mol. The van der Waals surface area contributed by atoms with Gasteiger partial charge in [0, 0.05) is 12.5 Å². The van der Waals surface area contributed by atoms with Crippen LogP contribution in [0.3, 0.4) is 0 Å². The summed E-state index contributed by atoms with van der Waals surface area (Å²) in [5.41, 5.74) is 0.635. The summed E-state index contributed by atoms with van der Waals surface area (Å²) in [6.07, 6.45) is 10.8. The Labute approximate surface area is 112 Å². The van der Waals surface area contributed by atoms with Crippen LogP contribution in [-0.2, 0) is 0 Å². The Kier molecular flexibility index (Phi) is 4.58. The van der Waals surface area contributed by atoms with Gasteiger partial charge in [-0.3, -0.25) is 4.99 Å². The second kappa shape index (κ2) is 5.99. The van der Waals surface area contributed by atoms with Gasteiger partial charge in [-0.05, 0) is 56.6 Å². The maximum absolute atomic E-state index is 4.64. The van der Waals surface area contributed by atoms with E-state index in [2.05, 4.69) is 30.5 Å². The number of nitrogens with zero attached hydrogens (tertiary/aromatic N) is 2. The van der Waals surface area contributed by atoms with Crippen molar-refractivity contribution in [1.29, 1.82) is 0 Å². The standard InChI is InChI=1S/C16H28N2/c1-4-16(10-8-13(2)12-16)9-5-11-18-15(17-3)14-6-7-14/h13-14H,3-12H2,1-2H3. The first-order valence-corrected chi connectivity index (χ1v) is 7.70. The van der Waals surface area contributed by atoms with Crippen molar-refractivity contribution in [2.45, 2.75) is 65.2 Å². The van der Waals surface area contributed by atoms with Gasteiger partial charge in [-0.15, -0.1) is 0 Å². The van der Waals surface area contributed by atoms with E-state index in [0.717, 1.165) is 18.3 Å². The minimum atomic E-state index is 0.635. The Balaban J connectivity index is 1.75. The molecule has 2 aliphatic carbocycles. The first-order chi connectivity index (χ1) is 8.69. The summed E-state index contributed by atoms with van der Waals surface area (Å²) in [6, 6.07) is 0. The number of hydrogen-bond acceptors (Lipinski definition) is 1. The van der Waals surface area contributed by atoms with Gasteiger partial charge >= 0.3 is 0 Å². The van der Waals surface area contributed by atoms with E-state index >= 15 is 0 Å². The van der Waals surface area contributed by atoms with E-state index in [0.29, 0.717) is 11.3 Å². The zero-order valence-electron chi connectivity index (χ0n) is 12.1. The van der Waals surface area contributed by atoms with E-state index in [-0.39, 0.29) is 0 Å². The van der Waals surface area contributed by atoms with Crippen LogP contribution in [0.4, 0.5) is 0 Å². The fraction of sp³-hybridized carbons (Fsp3) is 0.875. The van der Waals surface area contributed by atoms with Crippen LogP contribution in [0.25, 0.3) is 0 Å². The lowest BCUT2D eigenvalue weighted by atomic mass is 9.78. The van der Waals surface area contributed by atoms with Gasteiger partial charge in [0.05, 0.1) is 0 Å². The molecule has 2 unspecified atom stereocenters. The van der Waals surface area contributed by atoms with Gasteiger partial charge in [0.25, 0.3) is 0 Å². The topological polar surface area (TPSA) is 24.7 Å². The van der Waals surface area contributed by atoms with E-state index < -0.39 is 0 Å². The molecule has 0 bridgehead atoms. The summed E-state index contributed by atoms with van der Waals surface area (Å²) >= 11 is 0. The van der Waals surface area contributed by atoms with Crippen molar-refractivity contribution in [2.24, 2.45) is 27.2 Å². The first kappa shape index (κ1) is 13.8. The number of rotatable bonds is 6. The molecule has 2 saturated carbocycles. The molecule has 0 saturated heterocycles. The molecule has 0 N–H and O–H groups in total. The third-order valence-corrected chi connectivity index (χ3v) is 4.94. The molecular formula is C16H28N2. The molecule has 18 heavy (non-hydrogen) atoms. The van der Waals surface area contributed by atoms with E-state index in [1.54, 1.807) is 0 Å². The number of amidine groups is 1. The lowest BCUT2D eigenvalue weighted by Gasteiger charge is -2.27. The second-order valence-electron chi connectivity index (χ2n) is 6.48. The van der Waals surface area contributed by atoms with E-state index in [9.17, 15) is 0 Å². The molecule has 2 rings (SSSR count). The SMILES string of the molecule is C=NC(=NCCCC1(CC)CCC(C)C1)C1CC1. The van der Waals surface area contributed by atoms with Crippen LogP contribution in [0, 0.1) is 17.3 Å². The Morgan fingerprint density at radius 3 is 2.61 bits per heavy atom. The van der Waals surface area contributed by atoms with Crippen molar-refractivity contribution in [2.75, 3.05) is 6.54 Å². The van der Waals surface area contributed by atoms with Crippen molar-refractivity contribution in [3.63, 3.8) is 0 Å². The lowest BCUT2D eigenvalue weighted by molar-refractivity contribution is 0.246. The maximum Gasteiger partial charge on any atom is 0.125 e. The molecule has 0 spiro atoms. The molecule has 2 fully saturated rings. The molecule has 102 valence electrons. The third kappa shape index (κ3) is 3.43. The molecular weight excluding hydrogens is 220 g/mol. The summed E-state index contributed by atoms with van der Waals surface area (Å²) in [5.74, 6) is 2.61. The smallest absolute Gasteiger partial charge is 0.125 e. The predicted molar refractivity (Wildman–Crippen MR) is 79.5 cm³/mol. The van der Waals surface area contributed by atoms with Crippen molar-refractivity contribution in [3.8, 4) is 0 Å². The van der Waals surface area contributed by atoms with E-state index in [4.69, 9.17) is 0 Å². The molecule has 0 radical (unpaired) electrons. The molecule has 0 heterocycles. The summed E-state index contributed by atoms with van der Waals surface area (Å²) in [7, 11) is 0. The largest absolute Gasteiger partial charge is 0.270 e. The lowest BCUT2D eigenvalue weighted by Crippen LogP contribution is -2.16. The quantitative estimate of drug-likeness (QED) is 0.376. The van der Waals surface area contributed by atoms with Gasteiger partial charge in [0.2, 0.25) is 0 Å². The van der Waals surface area contributed by atoms with Crippen molar-refractivity contribution in [3.05, 3.63) is 0 Å². The summed E-state index contributed by atoms with van der Waals surface area (Å²) in [4.78, 5) is 8.71. The highest BCUT2D eigenvalue weighted by Gasteiger charge is 2.35. The molecule has 2 atom stereocenters. The van der Waals surface area contributed by atoms with Crippen LogP contribution in [0.15, 0.2) is 9.98 Å². The highest BCUT2D eigenvalue weighted by molar-refractivity contribution is 5.90. The Hall–Kier alpha value is -0.660. The summed E-state index contributed by atoms with van der Waals surface area (Å²) < 4.78 is 0. The van der Waals surface area contributed by atoms with Crippen molar-refractivity contribution < 1.29 is 0 Å². The number of hydrogen-bond donors (Lipinski definition) is 0. The number of aliphatic imine (C=N–C) groups is 2. The predicted octanol–water partition coefficient (Wildman–Crippen LogP) is 4.49. The highest BCUT2D eigenvalue weighted by Crippen LogP contribution is 2.47. The third-order valence-electron chi connectivity index (χ3n) is 4.94. The highest BCUT2D eigenvalue weighted by atomic mass is 14.9. The van der Waals surface area contributed by atoms with Crippen LogP contribution in [0.5, 0.6) is 0 Å².